The quantitative estimate of drug-likeness (QED) is 0.0705. The van der Waals surface area contributed by atoms with Crippen molar-refractivity contribution in [1.82, 2.24) is 14.8 Å². The van der Waals surface area contributed by atoms with Crippen LogP contribution in [0.15, 0.2) is 78.9 Å². The first-order valence-electron chi connectivity index (χ1n) is 17.4. The Hall–Kier alpha value is -4.77. The third-order valence-electron chi connectivity index (χ3n) is 8.95. The van der Waals surface area contributed by atoms with Crippen LogP contribution in [0, 0.1) is 0 Å². The van der Waals surface area contributed by atoms with Crippen LogP contribution in [-0.2, 0) is 0 Å². The van der Waals surface area contributed by atoms with Crippen LogP contribution in [-0.4, -0.2) is 95.7 Å². The molecule has 0 unspecified atom stereocenters. The first-order valence-corrected chi connectivity index (χ1v) is 18.2. The first-order chi connectivity index (χ1) is 25.1. The largest absolute Gasteiger partial charge is 0.494 e. The predicted octanol–water partition coefficient (Wildman–Crippen LogP) is 8.02. The number of para-hydroxylation sites is 1. The Labute approximate surface area is 304 Å². The zero-order valence-corrected chi connectivity index (χ0v) is 30.7. The molecule has 268 valence electrons. The molecule has 0 saturated carbocycles. The van der Waals surface area contributed by atoms with Crippen molar-refractivity contribution in [3.05, 3.63) is 90.0 Å². The Kier molecular flexibility index (Phi) is 12.7. The zero-order valence-electron chi connectivity index (χ0n) is 29.9. The number of rotatable bonds is 17. The fraction of sp³-hybridized carbons (Fsp3) is 0.341. The van der Waals surface area contributed by atoms with E-state index in [1.54, 1.807) is 39.8 Å². The lowest BCUT2D eigenvalue weighted by molar-refractivity contribution is 0.120. The molecule has 2 heterocycles. The number of fused-ring (bicyclic) bond motifs is 1. The van der Waals surface area contributed by atoms with Gasteiger partial charge in [0.25, 0.3) is 0 Å². The number of nitrogens with zero attached hydrogens (tertiary/aromatic N) is 3. The standard InChI is InChI=1S/C41H47N3O6S/c1-45-35-17-16-30(14-15-31-27-37(46-2)40(48-4)38(28-31)47-3)26-36(35)50-25-9-19-44-22-20-43(21-23-44)18-8-24-49-33-11-7-10-32(29-33)41-42-34-12-5-6-13-39(34)51-41/h5-7,10-17,26-29H,8-9,18-25H2,1-4H3/b15-14-. The summed E-state index contributed by atoms with van der Waals surface area (Å²) in [4.78, 5) is 9.85. The van der Waals surface area contributed by atoms with Gasteiger partial charge in [0, 0.05) is 44.8 Å². The smallest absolute Gasteiger partial charge is 0.203 e. The van der Waals surface area contributed by atoms with Crippen LogP contribution < -0.4 is 28.4 Å². The molecule has 0 atom stereocenters. The number of thiazole rings is 1. The Morgan fingerprint density at radius 3 is 1.94 bits per heavy atom. The van der Waals surface area contributed by atoms with Crippen molar-refractivity contribution in [1.29, 1.82) is 0 Å². The van der Waals surface area contributed by atoms with Crippen molar-refractivity contribution < 1.29 is 28.4 Å². The van der Waals surface area contributed by atoms with E-state index < -0.39 is 0 Å². The summed E-state index contributed by atoms with van der Waals surface area (Å²) < 4.78 is 35.6. The van der Waals surface area contributed by atoms with E-state index in [1.807, 2.05) is 60.7 Å². The number of methoxy groups -OCH3 is 4. The molecule has 0 amide bonds. The molecule has 1 aliphatic heterocycles. The number of aromatic nitrogens is 1. The Morgan fingerprint density at radius 1 is 0.627 bits per heavy atom. The van der Waals surface area contributed by atoms with Gasteiger partial charge in [0.05, 0.1) is 51.9 Å². The van der Waals surface area contributed by atoms with E-state index in [1.165, 1.54) is 4.70 Å². The molecule has 10 heteroatoms. The molecule has 0 N–H and O–H groups in total. The summed E-state index contributed by atoms with van der Waals surface area (Å²) in [5.74, 6) is 4.15. The lowest BCUT2D eigenvalue weighted by Gasteiger charge is -2.34. The molecule has 4 aromatic carbocycles. The summed E-state index contributed by atoms with van der Waals surface area (Å²) in [6.07, 6.45) is 5.98. The molecule has 1 fully saturated rings. The van der Waals surface area contributed by atoms with Crippen LogP contribution in [0.2, 0.25) is 0 Å². The maximum atomic E-state index is 6.22. The molecule has 0 aliphatic carbocycles. The summed E-state index contributed by atoms with van der Waals surface area (Å²) in [5.41, 5.74) is 4.07. The third-order valence-corrected chi connectivity index (χ3v) is 10.0. The highest BCUT2D eigenvalue weighted by atomic mass is 32.1. The van der Waals surface area contributed by atoms with Gasteiger partial charge >= 0.3 is 0 Å². The zero-order chi connectivity index (χ0) is 35.4. The van der Waals surface area contributed by atoms with Crippen LogP contribution in [0.1, 0.15) is 24.0 Å². The minimum absolute atomic E-state index is 0.570. The summed E-state index contributed by atoms with van der Waals surface area (Å²) >= 11 is 1.72. The number of hydrogen-bond donors (Lipinski definition) is 0. The predicted molar refractivity (Wildman–Crippen MR) is 206 cm³/mol. The maximum absolute atomic E-state index is 6.22. The van der Waals surface area contributed by atoms with Gasteiger partial charge in [-0.2, -0.15) is 0 Å². The topological polar surface area (TPSA) is 74.8 Å². The number of hydrogen-bond acceptors (Lipinski definition) is 10. The highest BCUT2D eigenvalue weighted by Gasteiger charge is 2.17. The van der Waals surface area contributed by atoms with Crippen molar-refractivity contribution in [2.75, 3.05) is 80.9 Å². The molecule has 6 rings (SSSR count). The second-order valence-corrected chi connectivity index (χ2v) is 13.3. The van der Waals surface area contributed by atoms with Crippen LogP contribution in [0.4, 0.5) is 0 Å². The van der Waals surface area contributed by atoms with E-state index in [4.69, 9.17) is 33.4 Å². The highest BCUT2D eigenvalue weighted by molar-refractivity contribution is 7.21. The minimum Gasteiger partial charge on any atom is -0.494 e. The molecule has 0 bridgehead atoms. The molecular formula is C41H47N3O6S. The van der Waals surface area contributed by atoms with E-state index in [-0.39, 0.29) is 0 Å². The van der Waals surface area contributed by atoms with Crippen LogP contribution in [0.3, 0.4) is 0 Å². The van der Waals surface area contributed by atoms with Crippen molar-refractivity contribution in [2.24, 2.45) is 0 Å². The van der Waals surface area contributed by atoms with Gasteiger partial charge in [0.15, 0.2) is 23.0 Å². The molecule has 51 heavy (non-hydrogen) atoms. The van der Waals surface area contributed by atoms with Gasteiger partial charge in [-0.15, -0.1) is 11.3 Å². The highest BCUT2D eigenvalue weighted by Crippen LogP contribution is 2.39. The van der Waals surface area contributed by atoms with Gasteiger partial charge in [0.2, 0.25) is 5.75 Å². The van der Waals surface area contributed by atoms with Gasteiger partial charge in [0.1, 0.15) is 10.8 Å². The fourth-order valence-electron chi connectivity index (χ4n) is 6.20. The van der Waals surface area contributed by atoms with E-state index >= 15 is 0 Å². The number of ether oxygens (including phenoxy) is 6. The number of piperazine rings is 1. The monoisotopic (exact) mass is 709 g/mol. The second-order valence-electron chi connectivity index (χ2n) is 12.3. The lowest BCUT2D eigenvalue weighted by atomic mass is 10.1. The van der Waals surface area contributed by atoms with Gasteiger partial charge in [-0.05, 0) is 72.5 Å². The minimum atomic E-state index is 0.570. The van der Waals surface area contributed by atoms with Crippen LogP contribution in [0.5, 0.6) is 34.5 Å². The number of benzene rings is 4. The normalized spacial score (nSPS) is 13.8. The Balaban J connectivity index is 0.902. The van der Waals surface area contributed by atoms with Gasteiger partial charge in [-0.3, -0.25) is 0 Å². The molecule has 1 aliphatic rings. The Bertz CT molecular complexity index is 1840. The molecule has 0 spiro atoms. The van der Waals surface area contributed by atoms with Gasteiger partial charge in [-0.1, -0.05) is 42.5 Å². The second kappa shape index (κ2) is 17.9. The van der Waals surface area contributed by atoms with Crippen LogP contribution >= 0.6 is 11.3 Å². The van der Waals surface area contributed by atoms with E-state index in [9.17, 15) is 0 Å². The van der Waals surface area contributed by atoms with Crippen molar-refractivity contribution >= 4 is 33.7 Å². The average Bonchev–Trinajstić information content (AvgIpc) is 3.62. The maximum Gasteiger partial charge on any atom is 0.203 e. The summed E-state index contributed by atoms with van der Waals surface area (Å²) in [7, 11) is 6.50. The molecule has 0 radical (unpaired) electrons. The van der Waals surface area contributed by atoms with Crippen LogP contribution in [0.25, 0.3) is 32.9 Å². The summed E-state index contributed by atoms with van der Waals surface area (Å²) in [6, 6.07) is 26.3. The molecule has 9 nitrogen and oxygen atoms in total. The van der Waals surface area contributed by atoms with E-state index in [0.29, 0.717) is 30.5 Å². The van der Waals surface area contributed by atoms with Crippen molar-refractivity contribution in [3.63, 3.8) is 0 Å². The van der Waals surface area contributed by atoms with Gasteiger partial charge < -0.3 is 38.2 Å². The Morgan fingerprint density at radius 2 is 1.27 bits per heavy atom. The van der Waals surface area contributed by atoms with E-state index in [2.05, 4.69) is 40.1 Å². The molecule has 1 aromatic heterocycles. The molecule has 5 aromatic rings. The third kappa shape index (κ3) is 9.52. The molecule has 1 saturated heterocycles. The van der Waals surface area contributed by atoms with E-state index in [0.717, 1.165) is 96.6 Å². The SMILES string of the molecule is COc1ccc(/C=C\c2cc(OC)c(OC)c(OC)c2)cc1OCCCN1CCN(CCCOc2cccc(-c3nc4ccccc4s3)c2)CC1. The van der Waals surface area contributed by atoms with Gasteiger partial charge in [-0.25, -0.2) is 4.98 Å². The lowest BCUT2D eigenvalue weighted by Crippen LogP contribution is -2.47. The van der Waals surface area contributed by atoms with Crippen molar-refractivity contribution in [2.45, 2.75) is 12.8 Å². The first kappa shape index (κ1) is 36.0. The van der Waals surface area contributed by atoms with Crippen molar-refractivity contribution in [3.8, 4) is 45.1 Å². The average molecular weight is 710 g/mol. The molecular weight excluding hydrogens is 663 g/mol. The fourth-order valence-corrected chi connectivity index (χ4v) is 7.16. The summed E-state index contributed by atoms with van der Waals surface area (Å²) in [5, 5.41) is 1.03. The summed E-state index contributed by atoms with van der Waals surface area (Å²) in [6.45, 7) is 7.64.